The summed E-state index contributed by atoms with van der Waals surface area (Å²) in [5.74, 6) is -3.84. The van der Waals surface area contributed by atoms with Crippen LogP contribution in [0.5, 0.6) is 5.75 Å². The quantitative estimate of drug-likeness (QED) is 0.144. The molecule has 0 bridgehead atoms. The number of carbonyl (C=O) groups excluding carboxylic acids is 2. The van der Waals surface area contributed by atoms with Gasteiger partial charge in [0.15, 0.2) is 6.29 Å². The summed E-state index contributed by atoms with van der Waals surface area (Å²) in [6, 6.07) is 10.6. The molecule has 14 unspecified atom stereocenters. The van der Waals surface area contributed by atoms with Crippen molar-refractivity contribution in [3.8, 4) is 5.75 Å². The van der Waals surface area contributed by atoms with Crippen LogP contribution >= 0.6 is 11.3 Å². The van der Waals surface area contributed by atoms with Gasteiger partial charge in [0.2, 0.25) is 0 Å². The number of cyclic esters (lactones) is 1. The Morgan fingerprint density at radius 1 is 1.03 bits per heavy atom. The maximum atomic E-state index is 14.3. The maximum absolute atomic E-state index is 14.3. The number of likely N-dealkylation sites (N-methyl/N-ethyl adjacent to an activating group) is 1. The molecule has 2 aliphatic rings. The summed E-state index contributed by atoms with van der Waals surface area (Å²) < 4.78 is 37.3. The first-order valence-corrected chi connectivity index (χ1v) is 21.9. The molecule has 3 N–H and O–H groups in total. The van der Waals surface area contributed by atoms with Crippen molar-refractivity contribution in [2.45, 2.75) is 148 Å². The summed E-state index contributed by atoms with van der Waals surface area (Å²) in [6.07, 6.45) is -6.38. The van der Waals surface area contributed by atoms with E-state index in [-0.39, 0.29) is 31.4 Å². The van der Waals surface area contributed by atoms with Gasteiger partial charge in [-0.1, -0.05) is 45.9 Å². The molecule has 0 saturated carbocycles. The van der Waals surface area contributed by atoms with Crippen molar-refractivity contribution in [2.24, 2.45) is 33.9 Å². The Bertz CT molecular complexity index is 1750. The van der Waals surface area contributed by atoms with Gasteiger partial charge in [-0.3, -0.25) is 9.59 Å². The first-order chi connectivity index (χ1) is 28.2. The number of hydrogen-bond acceptors (Lipinski definition) is 15. The molecule has 2 saturated heterocycles. The molecular formula is C45H69N3O11S. The predicted molar refractivity (Wildman–Crippen MR) is 231 cm³/mol. The second-order valence-electron chi connectivity index (χ2n) is 17.4. The van der Waals surface area contributed by atoms with E-state index in [4.69, 9.17) is 33.5 Å². The molecular weight excluding hydrogens is 791 g/mol. The molecule has 1 aromatic heterocycles. The lowest BCUT2D eigenvalue weighted by atomic mass is 9.73. The fourth-order valence-corrected chi connectivity index (χ4v) is 9.42. The Balaban J connectivity index is 1.90. The van der Waals surface area contributed by atoms with Crippen LogP contribution in [0.3, 0.4) is 0 Å². The molecule has 2 fully saturated rings. The summed E-state index contributed by atoms with van der Waals surface area (Å²) in [5.41, 5.74) is -1.36. The standard InChI is InChI=1S/C45H69N3O11S/c1-14-35-45(9,53)40(51)27(4)37(47-46-30(7)34-16-15-21-60-34)25(2)24-44(8,55-13)41(59-43-38(50)33(48(10)11)22-26(3)56-43)28(5)39(29(6)42(52)57-35)58-36(49)23-31-17-19-32(54-12)20-18-31/h15-21,25-29,33,35,38-41,43,50-51,53H,14,22-24H2,1-13H3. The third kappa shape index (κ3) is 11.6. The van der Waals surface area contributed by atoms with E-state index in [9.17, 15) is 24.9 Å². The number of aliphatic hydroxyl groups excluding tert-OH is 2. The Hall–Kier alpha value is -3.28. The van der Waals surface area contributed by atoms with E-state index in [0.717, 1.165) is 4.88 Å². The van der Waals surface area contributed by atoms with E-state index in [2.05, 4.69) is 5.10 Å². The normalized spacial score (nSPS) is 37.0. The minimum absolute atomic E-state index is 0.104. The largest absolute Gasteiger partial charge is 0.497 e. The van der Waals surface area contributed by atoms with Crippen LogP contribution in [-0.2, 0) is 39.7 Å². The average molecular weight is 860 g/mol. The van der Waals surface area contributed by atoms with Crippen LogP contribution in [0.15, 0.2) is 52.0 Å². The number of hydrogen-bond donors (Lipinski definition) is 3. The highest BCUT2D eigenvalue weighted by Gasteiger charge is 2.52. The Kier molecular flexibility index (Phi) is 17.4. The van der Waals surface area contributed by atoms with E-state index in [1.807, 2.05) is 71.1 Å². The van der Waals surface area contributed by atoms with Crippen molar-refractivity contribution in [3.05, 3.63) is 52.2 Å². The fraction of sp³-hybridized carbons (Fsp3) is 0.689. The van der Waals surface area contributed by atoms with Crippen LogP contribution < -0.4 is 4.74 Å². The zero-order valence-corrected chi connectivity index (χ0v) is 38.5. The number of aliphatic hydroxyl groups is 3. The van der Waals surface area contributed by atoms with Crippen LogP contribution in [0.25, 0.3) is 0 Å². The van der Waals surface area contributed by atoms with Crippen molar-refractivity contribution in [3.63, 3.8) is 0 Å². The first kappa shape index (κ1) is 49.4. The number of carbonyl (C=O) groups is 2. The van der Waals surface area contributed by atoms with Gasteiger partial charge in [0, 0.05) is 30.7 Å². The molecule has 60 heavy (non-hydrogen) atoms. The summed E-state index contributed by atoms with van der Waals surface area (Å²) in [7, 11) is 6.89. The third-order valence-corrected chi connectivity index (χ3v) is 13.5. The summed E-state index contributed by atoms with van der Waals surface area (Å²) in [4.78, 5) is 31.1. The molecule has 4 rings (SSSR count). The number of ether oxygens (including phenoxy) is 6. The molecule has 0 amide bonds. The van der Waals surface area contributed by atoms with Gasteiger partial charge in [0.25, 0.3) is 0 Å². The van der Waals surface area contributed by atoms with Crippen molar-refractivity contribution in [1.82, 2.24) is 4.90 Å². The van der Waals surface area contributed by atoms with Crippen LogP contribution in [0, 0.1) is 23.7 Å². The van der Waals surface area contributed by atoms with E-state index >= 15 is 0 Å². The number of nitrogens with zero attached hydrogens (tertiary/aromatic N) is 3. The lowest BCUT2D eigenvalue weighted by molar-refractivity contribution is -0.301. The van der Waals surface area contributed by atoms with Gasteiger partial charge in [0.1, 0.15) is 29.7 Å². The molecule has 1 aromatic carbocycles. The lowest BCUT2D eigenvalue weighted by Gasteiger charge is -2.48. The molecule has 0 radical (unpaired) electrons. The van der Waals surface area contributed by atoms with Crippen molar-refractivity contribution in [1.29, 1.82) is 0 Å². The third-order valence-electron chi connectivity index (χ3n) is 12.5. The van der Waals surface area contributed by atoms with E-state index in [1.165, 1.54) is 18.3 Å². The Morgan fingerprint density at radius 2 is 1.70 bits per heavy atom. The summed E-state index contributed by atoms with van der Waals surface area (Å²) >= 11 is 1.52. The van der Waals surface area contributed by atoms with Crippen LogP contribution in [0.4, 0.5) is 0 Å². The van der Waals surface area contributed by atoms with Crippen molar-refractivity contribution >= 4 is 34.7 Å². The maximum Gasteiger partial charge on any atom is 0.312 e. The molecule has 2 aliphatic heterocycles. The average Bonchev–Trinajstić information content (AvgIpc) is 3.76. The summed E-state index contributed by atoms with van der Waals surface area (Å²) in [5, 5.41) is 47.2. The highest BCUT2D eigenvalue weighted by atomic mass is 32.1. The van der Waals surface area contributed by atoms with Gasteiger partial charge < -0.3 is 48.6 Å². The number of rotatable bonds is 11. The van der Waals surface area contributed by atoms with E-state index in [1.54, 1.807) is 59.3 Å². The van der Waals surface area contributed by atoms with Gasteiger partial charge in [-0.15, -0.1) is 11.3 Å². The fourth-order valence-electron chi connectivity index (χ4n) is 8.75. The SMILES string of the molecule is CCC1OC(=O)C(C)C(OC(=O)Cc2ccc(OC)cc2)C(C)C(OC2OC(C)CC(N(C)C)C2O)C(C)(OC)CC(C)C(=NN=C(C)c2cccs2)C(C)C(O)C1(C)O. The number of esters is 2. The van der Waals surface area contributed by atoms with Gasteiger partial charge in [-0.2, -0.15) is 10.2 Å². The monoisotopic (exact) mass is 859 g/mol. The summed E-state index contributed by atoms with van der Waals surface area (Å²) in [6.45, 7) is 16.0. The molecule has 14 nitrogen and oxygen atoms in total. The molecule has 3 heterocycles. The highest BCUT2D eigenvalue weighted by molar-refractivity contribution is 7.12. The molecule has 336 valence electrons. The molecule has 0 spiro atoms. The smallest absolute Gasteiger partial charge is 0.312 e. The minimum atomic E-state index is -1.93. The van der Waals surface area contributed by atoms with Crippen molar-refractivity contribution < 1.29 is 53.3 Å². The minimum Gasteiger partial charge on any atom is -0.497 e. The second-order valence-corrected chi connectivity index (χ2v) is 18.3. The number of methoxy groups -OCH3 is 2. The molecule has 2 aromatic rings. The number of thiophene rings is 1. The lowest BCUT2D eigenvalue weighted by Crippen LogP contribution is -2.60. The molecule has 14 atom stereocenters. The van der Waals surface area contributed by atoms with Gasteiger partial charge in [0.05, 0.1) is 54.0 Å². The topological polar surface area (TPSA) is 178 Å². The molecule has 15 heteroatoms. The Labute approximate surface area is 360 Å². The van der Waals surface area contributed by atoms with Gasteiger partial charge >= 0.3 is 11.9 Å². The van der Waals surface area contributed by atoms with E-state index < -0.39 is 83.6 Å². The van der Waals surface area contributed by atoms with Crippen LogP contribution in [-0.4, -0.2) is 132 Å². The predicted octanol–water partition coefficient (Wildman–Crippen LogP) is 5.67. The number of benzene rings is 1. The van der Waals surface area contributed by atoms with Crippen molar-refractivity contribution in [2.75, 3.05) is 28.3 Å². The van der Waals surface area contributed by atoms with Gasteiger partial charge in [-0.05, 0) is 103 Å². The zero-order chi connectivity index (χ0) is 44.7. The molecule has 0 aliphatic carbocycles. The highest BCUT2D eigenvalue weighted by Crippen LogP contribution is 2.40. The van der Waals surface area contributed by atoms with Gasteiger partial charge in [-0.25, -0.2) is 0 Å². The zero-order valence-electron chi connectivity index (χ0n) is 37.7. The van der Waals surface area contributed by atoms with E-state index in [0.29, 0.717) is 29.2 Å². The second kappa shape index (κ2) is 21.2. The first-order valence-electron chi connectivity index (χ1n) is 21.0. The van der Waals surface area contributed by atoms with Crippen LogP contribution in [0.1, 0.15) is 92.0 Å². The Morgan fingerprint density at radius 3 is 2.27 bits per heavy atom. The van der Waals surface area contributed by atoms with Crippen LogP contribution in [0.2, 0.25) is 0 Å².